The number of carboxylic acids is 1. The molecule has 1 heterocycles. The largest absolute Gasteiger partial charge is 0.472 e. The minimum absolute atomic E-state index is 0.168. The van der Waals surface area contributed by atoms with Crippen molar-refractivity contribution in [2.75, 3.05) is 6.73 Å². The molecule has 1 N–H and O–H groups in total. The van der Waals surface area contributed by atoms with Crippen molar-refractivity contribution in [3.8, 4) is 11.8 Å². The van der Waals surface area contributed by atoms with Gasteiger partial charge >= 0.3 is 5.97 Å². The van der Waals surface area contributed by atoms with Gasteiger partial charge in [0, 0.05) is 12.8 Å². The first-order valence-electron chi connectivity index (χ1n) is 4.15. The van der Waals surface area contributed by atoms with E-state index in [0.29, 0.717) is 0 Å². The van der Waals surface area contributed by atoms with Crippen molar-refractivity contribution in [2.24, 2.45) is 0 Å². The molecule has 1 aliphatic rings. The van der Waals surface area contributed by atoms with Crippen molar-refractivity contribution in [1.82, 2.24) is 4.90 Å². The van der Waals surface area contributed by atoms with E-state index in [4.69, 9.17) is 9.84 Å². The van der Waals surface area contributed by atoms with Gasteiger partial charge in [-0.2, -0.15) is 0 Å². The molecule has 5 heteroatoms. The minimum Gasteiger partial charge on any atom is -0.472 e. The van der Waals surface area contributed by atoms with Crippen LogP contribution < -0.4 is 0 Å². The molecule has 76 valence electrons. The lowest BCUT2D eigenvalue weighted by molar-refractivity contribution is -0.131. The van der Waals surface area contributed by atoms with Crippen LogP contribution in [0, 0.1) is 11.8 Å². The predicted octanol–water partition coefficient (Wildman–Crippen LogP) is -0.332. The monoisotopic (exact) mass is 197 g/mol. The summed E-state index contributed by atoms with van der Waals surface area (Å²) in [4.78, 5) is 22.7. The summed E-state index contributed by atoms with van der Waals surface area (Å²) in [6, 6.07) is -0.455. The van der Waals surface area contributed by atoms with Gasteiger partial charge in [-0.3, -0.25) is 4.79 Å². The summed E-state index contributed by atoms with van der Waals surface area (Å²) < 4.78 is 5.18. The highest BCUT2D eigenvalue weighted by Gasteiger charge is 2.32. The van der Waals surface area contributed by atoms with Crippen LogP contribution in [0.1, 0.15) is 13.8 Å². The Balaban J connectivity index is 2.78. The van der Waals surface area contributed by atoms with Gasteiger partial charge < -0.3 is 14.7 Å². The molecule has 0 aromatic heterocycles. The zero-order valence-corrected chi connectivity index (χ0v) is 7.98. The zero-order chi connectivity index (χ0) is 10.7. The lowest BCUT2D eigenvalue weighted by atomic mass is 10.2. The molecule has 0 saturated carbocycles. The van der Waals surface area contributed by atoms with Crippen molar-refractivity contribution < 1.29 is 19.4 Å². The quantitative estimate of drug-likeness (QED) is 0.540. The Morgan fingerprint density at radius 3 is 2.71 bits per heavy atom. The number of amides is 1. The number of ether oxygens (including phenoxy) is 1. The van der Waals surface area contributed by atoms with Gasteiger partial charge in [-0.05, 0) is 6.92 Å². The van der Waals surface area contributed by atoms with Crippen LogP contribution in [-0.4, -0.2) is 40.8 Å². The van der Waals surface area contributed by atoms with Crippen LogP contribution >= 0.6 is 0 Å². The van der Waals surface area contributed by atoms with Crippen LogP contribution in [-0.2, 0) is 14.3 Å². The fraction of sp³-hybridized carbons (Fsp3) is 0.556. The van der Waals surface area contributed by atoms with Crippen molar-refractivity contribution in [1.29, 1.82) is 0 Å². The van der Waals surface area contributed by atoms with E-state index in [2.05, 4.69) is 5.92 Å². The molecule has 1 saturated heterocycles. The SMILES string of the molecule is CC(=O)N1CO[C@@H](C)C1C#CC(=O)O. The van der Waals surface area contributed by atoms with E-state index in [1.54, 1.807) is 6.92 Å². The second-order valence-electron chi connectivity index (χ2n) is 3.01. The molecule has 1 aliphatic heterocycles. The maximum atomic E-state index is 11.1. The highest BCUT2D eigenvalue weighted by Crippen LogP contribution is 2.15. The summed E-state index contributed by atoms with van der Waals surface area (Å²) in [5.41, 5.74) is 0. The number of hydrogen-bond acceptors (Lipinski definition) is 3. The third kappa shape index (κ3) is 2.24. The first-order valence-corrected chi connectivity index (χ1v) is 4.15. The molecular formula is C9H11NO4. The normalized spacial score (nSPS) is 25.4. The number of carboxylic acid groups (broad SMARTS) is 1. The van der Waals surface area contributed by atoms with Crippen molar-refractivity contribution >= 4 is 11.9 Å². The first-order chi connectivity index (χ1) is 6.52. The first kappa shape index (κ1) is 10.5. The van der Waals surface area contributed by atoms with Gasteiger partial charge in [-0.25, -0.2) is 4.79 Å². The molecule has 0 radical (unpaired) electrons. The Morgan fingerprint density at radius 2 is 2.21 bits per heavy atom. The van der Waals surface area contributed by atoms with E-state index >= 15 is 0 Å². The smallest absolute Gasteiger partial charge is 0.381 e. The molecule has 0 aromatic carbocycles. The van der Waals surface area contributed by atoms with Crippen LogP contribution in [0.3, 0.4) is 0 Å². The van der Waals surface area contributed by atoms with Gasteiger partial charge in [0.15, 0.2) is 0 Å². The molecule has 0 aromatic rings. The van der Waals surface area contributed by atoms with Crippen LogP contribution in [0.2, 0.25) is 0 Å². The number of carbonyl (C=O) groups excluding carboxylic acids is 1. The highest BCUT2D eigenvalue weighted by atomic mass is 16.5. The third-order valence-corrected chi connectivity index (χ3v) is 1.99. The van der Waals surface area contributed by atoms with E-state index in [1.807, 2.05) is 5.92 Å². The van der Waals surface area contributed by atoms with E-state index < -0.39 is 12.0 Å². The predicted molar refractivity (Wildman–Crippen MR) is 47.1 cm³/mol. The Kier molecular flexibility index (Phi) is 3.10. The minimum atomic E-state index is -1.20. The topological polar surface area (TPSA) is 66.8 Å². The van der Waals surface area contributed by atoms with Crippen molar-refractivity contribution in [3.05, 3.63) is 0 Å². The molecule has 5 nitrogen and oxygen atoms in total. The van der Waals surface area contributed by atoms with Gasteiger partial charge in [0.05, 0.1) is 6.10 Å². The molecule has 1 unspecified atom stereocenters. The van der Waals surface area contributed by atoms with E-state index in [9.17, 15) is 9.59 Å². The van der Waals surface area contributed by atoms with Gasteiger partial charge in [-0.1, -0.05) is 5.92 Å². The van der Waals surface area contributed by atoms with Gasteiger partial charge in [0.25, 0.3) is 0 Å². The maximum absolute atomic E-state index is 11.1. The van der Waals surface area contributed by atoms with Crippen molar-refractivity contribution in [2.45, 2.75) is 26.0 Å². The second kappa shape index (κ2) is 4.11. The second-order valence-corrected chi connectivity index (χ2v) is 3.01. The molecule has 1 rings (SSSR count). The van der Waals surface area contributed by atoms with E-state index in [0.717, 1.165) is 0 Å². The Labute approximate surface area is 81.6 Å². The average Bonchev–Trinajstić information content (AvgIpc) is 2.43. The summed E-state index contributed by atoms with van der Waals surface area (Å²) in [6.45, 7) is 3.33. The summed E-state index contributed by atoms with van der Waals surface area (Å²) in [5.74, 6) is 3.12. The van der Waals surface area contributed by atoms with Crippen LogP contribution in [0.15, 0.2) is 0 Å². The van der Waals surface area contributed by atoms with Crippen molar-refractivity contribution in [3.63, 3.8) is 0 Å². The summed E-state index contributed by atoms with van der Waals surface area (Å²) in [5, 5.41) is 8.37. The summed E-state index contributed by atoms with van der Waals surface area (Å²) in [7, 11) is 0. The fourth-order valence-corrected chi connectivity index (χ4v) is 1.24. The number of nitrogens with zero attached hydrogens (tertiary/aromatic N) is 1. The standard InChI is InChI=1S/C9H11NO4/c1-6-8(3-4-9(12)13)10(5-14-6)7(2)11/h6,8H,5H2,1-2H3,(H,12,13)/t6-,8?/m0/s1. The number of carbonyl (C=O) groups is 2. The Bertz CT molecular complexity index is 315. The molecule has 0 spiro atoms. The van der Waals surface area contributed by atoms with E-state index in [-0.39, 0.29) is 18.7 Å². The van der Waals surface area contributed by atoms with Gasteiger partial charge in [0.1, 0.15) is 12.8 Å². The van der Waals surface area contributed by atoms with Crippen LogP contribution in [0.25, 0.3) is 0 Å². The Hall–Kier alpha value is -1.54. The highest BCUT2D eigenvalue weighted by molar-refractivity contribution is 5.86. The molecular weight excluding hydrogens is 186 g/mol. The maximum Gasteiger partial charge on any atom is 0.381 e. The van der Waals surface area contributed by atoms with Gasteiger partial charge in [-0.15, -0.1) is 0 Å². The molecule has 0 aliphatic carbocycles. The third-order valence-electron chi connectivity index (χ3n) is 1.99. The molecule has 1 fully saturated rings. The fourth-order valence-electron chi connectivity index (χ4n) is 1.24. The van der Waals surface area contributed by atoms with Crippen LogP contribution in [0.4, 0.5) is 0 Å². The lowest BCUT2D eigenvalue weighted by Gasteiger charge is -2.17. The number of aliphatic carboxylic acids is 1. The molecule has 0 bridgehead atoms. The lowest BCUT2D eigenvalue weighted by Crippen LogP contribution is -2.36. The molecule has 1 amide bonds. The summed E-state index contributed by atoms with van der Waals surface area (Å²) >= 11 is 0. The number of rotatable bonds is 0. The molecule has 14 heavy (non-hydrogen) atoms. The van der Waals surface area contributed by atoms with Crippen LogP contribution in [0.5, 0.6) is 0 Å². The average molecular weight is 197 g/mol. The number of hydrogen-bond donors (Lipinski definition) is 1. The molecule has 2 atom stereocenters. The van der Waals surface area contributed by atoms with Gasteiger partial charge in [0.2, 0.25) is 5.91 Å². The Morgan fingerprint density at radius 1 is 1.57 bits per heavy atom. The summed E-state index contributed by atoms with van der Waals surface area (Å²) in [6.07, 6.45) is -0.245. The van der Waals surface area contributed by atoms with E-state index in [1.165, 1.54) is 11.8 Å². The zero-order valence-electron chi connectivity index (χ0n) is 7.98.